The van der Waals surface area contributed by atoms with Gasteiger partial charge >= 0.3 is 26.2 Å². The predicted molar refractivity (Wildman–Crippen MR) is 213 cm³/mol. The first-order valence-electron chi connectivity index (χ1n) is 18.0. The van der Waals surface area contributed by atoms with E-state index in [1.165, 1.54) is 105 Å². The Hall–Kier alpha value is -2.80. The molecule has 0 atom stereocenters. The summed E-state index contributed by atoms with van der Waals surface area (Å²) in [6, 6.07) is 40.6. The maximum atomic E-state index is 2.40. The molecule has 0 saturated heterocycles. The number of unbranched alkanes of at least 4 members (excludes halogenated alkanes) is 2. The predicted octanol–water partition coefficient (Wildman–Crippen LogP) is 14.2. The molecule has 0 heterocycles. The van der Waals surface area contributed by atoms with Gasteiger partial charge in [0.15, 0.2) is 0 Å². The molecule has 0 spiro atoms. The van der Waals surface area contributed by atoms with Crippen molar-refractivity contribution in [3.05, 3.63) is 131 Å². The van der Waals surface area contributed by atoms with E-state index in [9.17, 15) is 0 Å². The van der Waals surface area contributed by atoms with E-state index in [-0.39, 0.29) is 26.2 Å². The Morgan fingerprint density at radius 2 is 0.875 bits per heavy atom. The van der Waals surface area contributed by atoms with Gasteiger partial charge in [0, 0.05) is 9.52 Å². The van der Waals surface area contributed by atoms with Gasteiger partial charge in [-0.2, -0.15) is 12.1 Å². The zero-order chi connectivity index (χ0) is 33.8. The van der Waals surface area contributed by atoms with Gasteiger partial charge in [0.1, 0.15) is 0 Å². The summed E-state index contributed by atoms with van der Waals surface area (Å²) >= 11 is 0. The van der Waals surface area contributed by atoms with Crippen LogP contribution >= 0.6 is 0 Å². The van der Waals surface area contributed by atoms with Crippen molar-refractivity contribution in [3.63, 3.8) is 0 Å². The smallest absolute Gasteiger partial charge is 0.164 e. The molecule has 0 N–H and O–H groups in total. The normalized spacial score (nSPS) is 10.9. The van der Waals surface area contributed by atoms with E-state index in [4.69, 9.17) is 0 Å². The Morgan fingerprint density at radius 1 is 0.521 bits per heavy atom. The van der Waals surface area contributed by atoms with Crippen LogP contribution < -0.4 is 0 Å². The fourth-order valence-corrected chi connectivity index (χ4v) is 6.61. The summed E-state index contributed by atoms with van der Waals surface area (Å²) in [6.45, 7) is 17.9. The van der Waals surface area contributed by atoms with Crippen LogP contribution in [0.2, 0.25) is 13.1 Å². The van der Waals surface area contributed by atoms with Crippen molar-refractivity contribution in [1.29, 1.82) is 0 Å². The summed E-state index contributed by atoms with van der Waals surface area (Å²) in [4.78, 5) is 0. The Balaban J connectivity index is 0.000000236. The Labute approximate surface area is 314 Å². The minimum atomic E-state index is 0. The molecule has 2 heteroatoms. The van der Waals surface area contributed by atoms with E-state index in [0.717, 1.165) is 9.52 Å². The summed E-state index contributed by atoms with van der Waals surface area (Å²) in [5.74, 6) is 1.09. The quantitative estimate of drug-likeness (QED) is 0.0973. The van der Waals surface area contributed by atoms with Crippen molar-refractivity contribution in [2.75, 3.05) is 0 Å². The van der Waals surface area contributed by atoms with Crippen molar-refractivity contribution in [2.24, 2.45) is 0 Å². The second kappa shape index (κ2) is 20.0. The molecule has 0 amide bonds. The molecule has 248 valence electrons. The van der Waals surface area contributed by atoms with E-state index >= 15 is 0 Å². The van der Waals surface area contributed by atoms with Gasteiger partial charge in [-0.05, 0) is 46.9 Å². The second-order valence-electron chi connectivity index (χ2n) is 13.5. The third-order valence-corrected chi connectivity index (χ3v) is 9.00. The molecule has 0 saturated carbocycles. The average molecular weight is 728 g/mol. The molecule has 0 aliphatic carbocycles. The van der Waals surface area contributed by atoms with E-state index < -0.39 is 0 Å². The van der Waals surface area contributed by atoms with Crippen molar-refractivity contribution in [1.82, 2.24) is 0 Å². The van der Waals surface area contributed by atoms with Gasteiger partial charge < -0.3 is 0 Å². The summed E-state index contributed by atoms with van der Waals surface area (Å²) in [5.41, 5.74) is 11.4. The fourth-order valence-electron chi connectivity index (χ4n) is 6.61. The molecule has 48 heavy (non-hydrogen) atoms. The fraction of sp³-hybridized carbons (Fsp3) is 0.348. The Morgan fingerprint density at radius 3 is 1.23 bits per heavy atom. The van der Waals surface area contributed by atoms with Crippen molar-refractivity contribution < 1.29 is 26.2 Å². The molecule has 0 nitrogen and oxygen atoms in total. The maximum absolute atomic E-state index is 2.40. The van der Waals surface area contributed by atoms with Crippen LogP contribution in [0, 0.1) is 0 Å². The zero-order valence-corrected chi connectivity index (χ0v) is 34.2. The molecule has 6 aromatic rings. The van der Waals surface area contributed by atoms with Gasteiger partial charge in [-0.25, -0.2) is 0 Å². The van der Waals surface area contributed by atoms with Gasteiger partial charge in [-0.3, -0.25) is 0 Å². The van der Waals surface area contributed by atoms with Crippen LogP contribution in [0.25, 0.3) is 43.8 Å². The molecule has 0 unspecified atom stereocenters. The number of aryl methyl sites for hydroxylation is 2. The van der Waals surface area contributed by atoms with Crippen LogP contribution in [0.5, 0.6) is 0 Å². The minimum Gasteiger partial charge on any atom is -0.164 e. The number of benzene rings is 4. The summed E-state index contributed by atoms with van der Waals surface area (Å²) in [6.07, 6.45) is 7.44. The van der Waals surface area contributed by atoms with Gasteiger partial charge in [-0.15, -0.1) is 69.1 Å². The second-order valence-corrected chi connectivity index (χ2v) is 14.5. The number of rotatable bonds is 10. The molecular formula is C46H56SiZr. The van der Waals surface area contributed by atoms with E-state index in [1.807, 2.05) is 0 Å². The van der Waals surface area contributed by atoms with Crippen LogP contribution in [-0.2, 0) is 39.0 Å². The summed E-state index contributed by atoms with van der Waals surface area (Å²) < 4.78 is 0. The number of hydrogen-bond donors (Lipinski definition) is 0. The molecular weight excluding hydrogens is 672 g/mol. The van der Waals surface area contributed by atoms with Gasteiger partial charge in [0.2, 0.25) is 0 Å². The van der Waals surface area contributed by atoms with Gasteiger partial charge in [-0.1, -0.05) is 152 Å². The standard InChI is InChI=1S/2C22H25.C2H6Si.Zr/c2*1-4-5-9-17-14-18-10-8-13-21(22(18)15-17)20-12-7-6-11-19(20)16(2)3;1-3-2;/h2*6-8,10-16H,4-5,9H2,1-3H3;1-2H3;/q2*-1;;+2. The van der Waals surface area contributed by atoms with E-state index in [2.05, 4.69) is 164 Å². The minimum absolute atomic E-state index is 0. The van der Waals surface area contributed by atoms with Crippen LogP contribution in [0.4, 0.5) is 0 Å². The van der Waals surface area contributed by atoms with Crippen molar-refractivity contribution in [3.8, 4) is 22.3 Å². The molecule has 2 radical (unpaired) electrons. The Bertz CT molecular complexity index is 1680. The zero-order valence-electron chi connectivity index (χ0n) is 30.8. The van der Waals surface area contributed by atoms with E-state index in [1.54, 1.807) is 0 Å². The molecule has 0 bridgehead atoms. The number of hydrogen-bond acceptors (Lipinski definition) is 0. The monoisotopic (exact) mass is 726 g/mol. The first-order valence-corrected chi connectivity index (χ1v) is 20.0. The molecule has 6 rings (SSSR count). The van der Waals surface area contributed by atoms with Crippen molar-refractivity contribution in [2.45, 2.75) is 105 Å². The third kappa shape index (κ3) is 10.1. The SMILES string of the molecule is CCCCc1cc2c(-c3ccccc3C(C)C)cccc2[cH-]1.CCCCc1cc2c(-c3ccccc3C(C)C)cccc2[cH-]1.C[Si]C.[Zr+2]. The summed E-state index contributed by atoms with van der Waals surface area (Å²) in [7, 11) is 1.08. The van der Waals surface area contributed by atoms with Crippen LogP contribution in [0.1, 0.15) is 101 Å². The maximum Gasteiger partial charge on any atom is 2.00 e. The van der Waals surface area contributed by atoms with Crippen LogP contribution in [0.3, 0.4) is 0 Å². The third-order valence-electron chi connectivity index (χ3n) is 9.00. The largest absolute Gasteiger partial charge is 2.00 e. The van der Waals surface area contributed by atoms with Gasteiger partial charge in [0.25, 0.3) is 0 Å². The van der Waals surface area contributed by atoms with Gasteiger partial charge in [0.05, 0.1) is 0 Å². The topological polar surface area (TPSA) is 0 Å². The molecule has 0 aliphatic rings. The summed E-state index contributed by atoms with van der Waals surface area (Å²) in [5, 5.41) is 5.56. The number of fused-ring (bicyclic) bond motifs is 2. The average Bonchev–Trinajstić information content (AvgIpc) is 3.71. The molecule has 6 aromatic carbocycles. The Kier molecular flexibility index (Phi) is 16.5. The molecule has 0 aromatic heterocycles. The van der Waals surface area contributed by atoms with E-state index in [0.29, 0.717) is 11.8 Å². The van der Waals surface area contributed by atoms with Crippen LogP contribution in [0.15, 0.2) is 109 Å². The van der Waals surface area contributed by atoms with Crippen molar-refractivity contribution >= 4 is 31.1 Å². The first kappa shape index (κ1) is 39.6. The van der Waals surface area contributed by atoms with Crippen LogP contribution in [-0.4, -0.2) is 9.52 Å². The first-order chi connectivity index (χ1) is 22.8. The molecule has 0 aliphatic heterocycles. The molecule has 0 fully saturated rings.